The molecule has 88 valence electrons. The number of nitrogens with zero attached hydrogens (tertiary/aromatic N) is 1. The van der Waals surface area contributed by atoms with E-state index in [0.717, 1.165) is 17.1 Å². The molecular weight excluding hydrogens is 220 g/mol. The van der Waals surface area contributed by atoms with E-state index in [1.54, 1.807) is 0 Å². The quantitative estimate of drug-likeness (QED) is 0.858. The lowest BCUT2D eigenvalue weighted by Gasteiger charge is -2.34. The second kappa shape index (κ2) is 4.27. The van der Waals surface area contributed by atoms with Crippen LogP contribution in [0.3, 0.4) is 0 Å². The highest BCUT2D eigenvalue weighted by atomic mass is 35.5. The van der Waals surface area contributed by atoms with Crippen LogP contribution < -0.4 is 10.6 Å². The molecule has 1 fully saturated rings. The maximum Gasteiger partial charge on any atom is 0.0471 e. The van der Waals surface area contributed by atoms with Crippen molar-refractivity contribution in [3.63, 3.8) is 0 Å². The van der Waals surface area contributed by atoms with Gasteiger partial charge in [0.1, 0.15) is 0 Å². The monoisotopic (exact) mass is 238 g/mol. The molecule has 0 saturated carbocycles. The highest BCUT2D eigenvalue weighted by molar-refractivity contribution is 6.31. The molecule has 1 aromatic rings. The van der Waals surface area contributed by atoms with Gasteiger partial charge in [-0.3, -0.25) is 0 Å². The SMILES string of the molecule is CC1(C)CCCN1c1ccc(CN)c(Cl)c1. The predicted octanol–water partition coefficient (Wildman–Crippen LogP) is 3.18. The molecule has 0 aliphatic carbocycles. The number of benzene rings is 1. The van der Waals surface area contributed by atoms with Gasteiger partial charge in [0, 0.05) is 29.3 Å². The summed E-state index contributed by atoms with van der Waals surface area (Å²) in [5.74, 6) is 0. The van der Waals surface area contributed by atoms with Crippen LogP contribution in [0.15, 0.2) is 18.2 Å². The van der Waals surface area contributed by atoms with Crippen molar-refractivity contribution in [3.8, 4) is 0 Å². The van der Waals surface area contributed by atoms with Gasteiger partial charge in [-0.05, 0) is 44.4 Å². The standard InChI is InChI=1S/C13H19ClN2/c1-13(2)6-3-7-16(13)11-5-4-10(9-15)12(14)8-11/h4-5,8H,3,6-7,9,15H2,1-2H3. The van der Waals surface area contributed by atoms with E-state index in [4.69, 9.17) is 17.3 Å². The molecule has 1 aromatic carbocycles. The van der Waals surface area contributed by atoms with Crippen LogP contribution in [0.4, 0.5) is 5.69 Å². The van der Waals surface area contributed by atoms with Crippen molar-refractivity contribution in [2.45, 2.75) is 38.8 Å². The van der Waals surface area contributed by atoms with Crippen molar-refractivity contribution < 1.29 is 0 Å². The Balaban J connectivity index is 2.31. The number of halogens is 1. The Morgan fingerprint density at radius 3 is 2.69 bits per heavy atom. The summed E-state index contributed by atoms with van der Waals surface area (Å²) in [5.41, 5.74) is 8.08. The van der Waals surface area contributed by atoms with Gasteiger partial charge in [-0.2, -0.15) is 0 Å². The molecule has 0 amide bonds. The summed E-state index contributed by atoms with van der Waals surface area (Å²) in [7, 11) is 0. The molecule has 3 heteroatoms. The molecule has 0 radical (unpaired) electrons. The molecule has 0 aromatic heterocycles. The smallest absolute Gasteiger partial charge is 0.0471 e. The lowest BCUT2D eigenvalue weighted by atomic mass is 10.0. The zero-order valence-electron chi connectivity index (χ0n) is 9.96. The zero-order valence-corrected chi connectivity index (χ0v) is 10.7. The molecule has 1 heterocycles. The minimum absolute atomic E-state index is 0.244. The van der Waals surface area contributed by atoms with Crippen LogP contribution in [0, 0.1) is 0 Å². The number of nitrogens with two attached hydrogens (primary N) is 1. The Hall–Kier alpha value is -0.730. The van der Waals surface area contributed by atoms with Crippen LogP contribution in [0.2, 0.25) is 5.02 Å². The van der Waals surface area contributed by atoms with Crippen LogP contribution in [-0.4, -0.2) is 12.1 Å². The molecule has 1 aliphatic rings. The van der Waals surface area contributed by atoms with Crippen LogP contribution in [0.1, 0.15) is 32.3 Å². The minimum Gasteiger partial charge on any atom is -0.366 e. The van der Waals surface area contributed by atoms with E-state index in [2.05, 4.69) is 24.8 Å². The summed E-state index contributed by atoms with van der Waals surface area (Å²) >= 11 is 6.19. The van der Waals surface area contributed by atoms with E-state index in [9.17, 15) is 0 Å². The number of rotatable bonds is 2. The van der Waals surface area contributed by atoms with Crippen LogP contribution in [0.5, 0.6) is 0 Å². The number of anilines is 1. The maximum atomic E-state index is 6.19. The third-order valence-corrected chi connectivity index (χ3v) is 3.82. The summed E-state index contributed by atoms with van der Waals surface area (Å²) in [6.07, 6.45) is 2.49. The molecule has 16 heavy (non-hydrogen) atoms. The van der Waals surface area contributed by atoms with Gasteiger partial charge < -0.3 is 10.6 Å². The van der Waals surface area contributed by atoms with Crippen molar-refractivity contribution in [3.05, 3.63) is 28.8 Å². The Bertz CT molecular complexity index is 388. The fourth-order valence-electron chi connectivity index (χ4n) is 2.46. The predicted molar refractivity (Wildman–Crippen MR) is 70.0 cm³/mol. The van der Waals surface area contributed by atoms with Crippen molar-refractivity contribution in [1.29, 1.82) is 0 Å². The average Bonchev–Trinajstić information content (AvgIpc) is 2.58. The maximum absolute atomic E-state index is 6.19. The molecule has 0 atom stereocenters. The molecule has 1 saturated heterocycles. The molecule has 1 aliphatic heterocycles. The van der Waals surface area contributed by atoms with Gasteiger partial charge >= 0.3 is 0 Å². The van der Waals surface area contributed by atoms with Gasteiger partial charge in [-0.15, -0.1) is 0 Å². The first-order valence-electron chi connectivity index (χ1n) is 5.81. The molecule has 0 spiro atoms. The fraction of sp³-hybridized carbons (Fsp3) is 0.538. The molecular formula is C13H19ClN2. The largest absolute Gasteiger partial charge is 0.366 e. The molecule has 0 bridgehead atoms. The van der Waals surface area contributed by atoms with Gasteiger partial charge in [-0.25, -0.2) is 0 Å². The van der Waals surface area contributed by atoms with E-state index in [0.29, 0.717) is 6.54 Å². The van der Waals surface area contributed by atoms with Crippen LogP contribution in [0.25, 0.3) is 0 Å². The lowest BCUT2D eigenvalue weighted by Crippen LogP contribution is -2.38. The van der Waals surface area contributed by atoms with Gasteiger partial charge in [0.25, 0.3) is 0 Å². The third kappa shape index (κ3) is 2.04. The zero-order chi connectivity index (χ0) is 11.8. The average molecular weight is 239 g/mol. The van der Waals surface area contributed by atoms with Crippen molar-refractivity contribution in [1.82, 2.24) is 0 Å². The number of hydrogen-bond acceptors (Lipinski definition) is 2. The molecule has 0 unspecified atom stereocenters. The fourth-order valence-corrected chi connectivity index (χ4v) is 2.71. The number of hydrogen-bond donors (Lipinski definition) is 1. The van der Waals surface area contributed by atoms with Crippen molar-refractivity contribution in [2.75, 3.05) is 11.4 Å². The van der Waals surface area contributed by atoms with E-state index >= 15 is 0 Å². The van der Waals surface area contributed by atoms with Crippen LogP contribution in [-0.2, 0) is 6.54 Å². The van der Waals surface area contributed by atoms with Gasteiger partial charge in [0.2, 0.25) is 0 Å². The van der Waals surface area contributed by atoms with Crippen LogP contribution >= 0.6 is 11.6 Å². The summed E-state index contributed by atoms with van der Waals surface area (Å²) in [5, 5.41) is 0.780. The highest BCUT2D eigenvalue weighted by Gasteiger charge is 2.31. The van der Waals surface area contributed by atoms with Gasteiger partial charge in [0.15, 0.2) is 0 Å². The van der Waals surface area contributed by atoms with Crippen molar-refractivity contribution in [2.24, 2.45) is 5.73 Å². The summed E-state index contributed by atoms with van der Waals surface area (Å²) in [6, 6.07) is 6.20. The topological polar surface area (TPSA) is 29.3 Å². The Morgan fingerprint density at radius 1 is 1.44 bits per heavy atom. The van der Waals surface area contributed by atoms with E-state index in [1.165, 1.54) is 18.5 Å². The minimum atomic E-state index is 0.244. The Labute approximate surface area is 102 Å². The summed E-state index contributed by atoms with van der Waals surface area (Å²) in [4.78, 5) is 2.43. The second-order valence-corrected chi connectivity index (χ2v) is 5.45. The first-order chi connectivity index (χ1) is 7.54. The molecule has 2 N–H and O–H groups in total. The first-order valence-corrected chi connectivity index (χ1v) is 6.18. The van der Waals surface area contributed by atoms with E-state index in [-0.39, 0.29) is 5.54 Å². The second-order valence-electron chi connectivity index (χ2n) is 5.05. The van der Waals surface area contributed by atoms with Crippen molar-refractivity contribution >= 4 is 17.3 Å². The van der Waals surface area contributed by atoms with E-state index < -0.39 is 0 Å². The summed E-state index contributed by atoms with van der Waals surface area (Å²) < 4.78 is 0. The Kier molecular flexibility index (Phi) is 3.13. The highest BCUT2D eigenvalue weighted by Crippen LogP contribution is 2.35. The van der Waals surface area contributed by atoms with Gasteiger partial charge in [0.05, 0.1) is 0 Å². The normalized spacial score (nSPS) is 19.1. The Morgan fingerprint density at radius 2 is 2.19 bits per heavy atom. The molecule has 2 rings (SSSR count). The van der Waals surface area contributed by atoms with Gasteiger partial charge in [-0.1, -0.05) is 17.7 Å². The van der Waals surface area contributed by atoms with E-state index in [1.807, 2.05) is 12.1 Å². The lowest BCUT2D eigenvalue weighted by molar-refractivity contribution is 0.518. The first kappa shape index (κ1) is 11.7. The summed E-state index contributed by atoms with van der Waals surface area (Å²) in [6.45, 7) is 6.18. The molecule has 2 nitrogen and oxygen atoms in total. The third-order valence-electron chi connectivity index (χ3n) is 3.47.